The van der Waals surface area contributed by atoms with Crippen LogP contribution in [0.2, 0.25) is 0 Å². The van der Waals surface area contributed by atoms with E-state index in [0.717, 1.165) is 17.2 Å². The van der Waals surface area contributed by atoms with Crippen molar-refractivity contribution >= 4 is 0 Å². The minimum absolute atomic E-state index is 0. The van der Waals surface area contributed by atoms with Gasteiger partial charge < -0.3 is 44.5 Å². The van der Waals surface area contributed by atoms with E-state index >= 15 is 0 Å². The van der Waals surface area contributed by atoms with Crippen LogP contribution in [0.3, 0.4) is 0 Å². The summed E-state index contributed by atoms with van der Waals surface area (Å²) in [7, 11) is 5.61. The zero-order valence-corrected chi connectivity index (χ0v) is 17.1. The van der Waals surface area contributed by atoms with Crippen LogP contribution in [0.4, 0.5) is 0 Å². The molecular weight excluding hydrogens is 447 g/mol. The van der Waals surface area contributed by atoms with Gasteiger partial charge in [-0.3, -0.25) is 0 Å². The molecule has 0 atom stereocenters. The van der Waals surface area contributed by atoms with Crippen LogP contribution in [0.25, 0.3) is 0 Å². The summed E-state index contributed by atoms with van der Waals surface area (Å²) in [6.07, 6.45) is 7.37. The van der Waals surface area contributed by atoms with Crippen molar-refractivity contribution in [2.24, 2.45) is 14.1 Å². The van der Waals surface area contributed by atoms with E-state index in [1.165, 1.54) is 0 Å². The first-order valence-electron chi connectivity index (χ1n) is 7.86. The van der Waals surface area contributed by atoms with Gasteiger partial charge in [-0.05, 0) is 5.56 Å². The topological polar surface area (TPSA) is 177 Å². The molecule has 0 aliphatic rings. The van der Waals surface area contributed by atoms with E-state index in [1.54, 1.807) is 19.5 Å². The van der Waals surface area contributed by atoms with Crippen molar-refractivity contribution in [3.63, 3.8) is 0 Å². The number of hydrogen-bond acceptors (Lipinski definition) is 9. The molecule has 0 saturated heterocycles. The first-order valence-corrected chi connectivity index (χ1v) is 7.86. The number of hydrogen-bond donors (Lipinski definition) is 0. The molecule has 1 radical (unpaired) electrons. The molecule has 3 rings (SSSR count). The molecule has 13 nitrogen and oxygen atoms in total. The molecule has 163 valence electrons. The molecule has 0 bridgehead atoms. The van der Waals surface area contributed by atoms with Crippen molar-refractivity contribution in [3.8, 4) is 0 Å². The van der Waals surface area contributed by atoms with E-state index in [4.69, 9.17) is 35.4 Å². The predicted molar refractivity (Wildman–Crippen MR) is 100 cm³/mol. The molecule has 0 spiro atoms. The van der Waals surface area contributed by atoms with Gasteiger partial charge in [0, 0.05) is 46.0 Å². The molecule has 2 aromatic heterocycles. The zero-order chi connectivity index (χ0) is 22.0. The normalized spacial score (nSPS) is 9.83. The number of benzene rings is 1. The van der Waals surface area contributed by atoms with Crippen molar-refractivity contribution in [2.75, 3.05) is 7.11 Å². The maximum Gasteiger partial charge on any atom is 2.00 e. The Labute approximate surface area is 181 Å². The van der Waals surface area contributed by atoms with Crippen LogP contribution in [0.1, 0.15) is 17.2 Å². The van der Waals surface area contributed by atoms with Crippen molar-refractivity contribution in [2.45, 2.75) is 5.60 Å². The van der Waals surface area contributed by atoms with Crippen LogP contribution in [0.15, 0.2) is 55.1 Å². The van der Waals surface area contributed by atoms with Gasteiger partial charge in [-0.1, -0.05) is 30.3 Å². The summed E-state index contributed by atoms with van der Waals surface area (Å²) in [4.78, 5) is 25.5. The van der Waals surface area contributed by atoms with Gasteiger partial charge in [-0.25, -0.2) is 9.97 Å². The third kappa shape index (κ3) is 6.54. The van der Waals surface area contributed by atoms with Gasteiger partial charge in [-0.15, -0.1) is 0 Å². The predicted octanol–water partition coefficient (Wildman–Crippen LogP) is 1.61. The van der Waals surface area contributed by atoms with Crippen LogP contribution in [-0.4, -0.2) is 36.4 Å². The summed E-state index contributed by atoms with van der Waals surface area (Å²) in [6.45, 7) is 0. The second-order valence-electron chi connectivity index (χ2n) is 5.42. The molecule has 0 unspecified atom stereocenters. The van der Waals surface area contributed by atoms with E-state index in [2.05, 4.69) is 9.97 Å². The number of aryl methyl sites for hydroxylation is 2. The van der Waals surface area contributed by atoms with Crippen molar-refractivity contribution in [3.05, 3.63) is 103 Å². The summed E-state index contributed by atoms with van der Waals surface area (Å²) in [6, 6.07) is 10.0. The second kappa shape index (κ2) is 12.2. The van der Waals surface area contributed by atoms with E-state index < -0.39 is 15.8 Å². The average molecular weight is 465 g/mol. The fourth-order valence-corrected chi connectivity index (χ4v) is 2.74. The fraction of sp³-hybridized carbons (Fsp3) is 0.250. The van der Waals surface area contributed by atoms with Crippen molar-refractivity contribution in [1.82, 2.24) is 19.1 Å². The molecule has 30 heavy (non-hydrogen) atoms. The second-order valence-corrected chi connectivity index (χ2v) is 5.42. The number of methoxy groups -OCH3 is 1. The Kier molecular flexibility index (Phi) is 10.7. The quantitative estimate of drug-likeness (QED) is 0.409. The Morgan fingerprint density at radius 3 is 1.50 bits per heavy atom. The smallest absolute Gasteiger partial charge is 0.358 e. The number of rotatable bonds is 4. The SMILES string of the molecule is COC(c1ccccc1)(c1nccn1C)c1nccn1C.O=[N+]([O-])[O-].O=[N+]([O-])[O-].[Co+2]. The van der Waals surface area contributed by atoms with Gasteiger partial charge >= 0.3 is 16.8 Å². The Morgan fingerprint density at radius 2 is 1.23 bits per heavy atom. The van der Waals surface area contributed by atoms with E-state index in [0.29, 0.717) is 0 Å². The van der Waals surface area contributed by atoms with Gasteiger partial charge in [0.15, 0.2) is 11.6 Å². The van der Waals surface area contributed by atoms with Gasteiger partial charge in [0.1, 0.15) is 0 Å². The van der Waals surface area contributed by atoms with Crippen LogP contribution < -0.4 is 0 Å². The molecule has 0 N–H and O–H groups in total. The van der Waals surface area contributed by atoms with Gasteiger partial charge in [0.05, 0.1) is 10.2 Å². The van der Waals surface area contributed by atoms with Crippen molar-refractivity contribution < 1.29 is 31.7 Å². The van der Waals surface area contributed by atoms with Crippen LogP contribution in [0.5, 0.6) is 0 Å². The molecular formula is C16H18CoN6O7. The summed E-state index contributed by atoms with van der Waals surface area (Å²) in [5, 5.41) is 29.5. The average Bonchev–Trinajstić information content (AvgIpc) is 3.26. The maximum absolute atomic E-state index is 8.25. The number of imidazole rings is 2. The molecule has 0 aliphatic carbocycles. The number of nitrogens with zero attached hydrogens (tertiary/aromatic N) is 6. The van der Waals surface area contributed by atoms with Gasteiger partial charge in [-0.2, -0.15) is 0 Å². The van der Waals surface area contributed by atoms with E-state index in [-0.39, 0.29) is 16.8 Å². The van der Waals surface area contributed by atoms with Crippen LogP contribution in [-0.2, 0) is 41.2 Å². The zero-order valence-electron chi connectivity index (χ0n) is 16.1. The molecule has 0 aliphatic heterocycles. The van der Waals surface area contributed by atoms with Crippen molar-refractivity contribution in [1.29, 1.82) is 0 Å². The third-order valence-corrected chi connectivity index (χ3v) is 3.76. The van der Waals surface area contributed by atoms with Crippen LogP contribution in [0, 0.1) is 30.6 Å². The minimum atomic E-state index is -1.75. The summed E-state index contributed by atoms with van der Waals surface area (Å²) >= 11 is 0. The third-order valence-electron chi connectivity index (χ3n) is 3.76. The summed E-state index contributed by atoms with van der Waals surface area (Å²) < 4.78 is 9.93. The first-order chi connectivity index (χ1) is 13.7. The fourth-order valence-electron chi connectivity index (χ4n) is 2.74. The van der Waals surface area contributed by atoms with E-state index in [1.807, 2.05) is 66.0 Å². The summed E-state index contributed by atoms with van der Waals surface area (Å²) in [5.74, 6) is 1.59. The Hall–Kier alpha value is -3.49. The molecule has 0 fully saturated rings. The van der Waals surface area contributed by atoms with Crippen LogP contribution >= 0.6 is 0 Å². The summed E-state index contributed by atoms with van der Waals surface area (Å²) in [5.41, 5.74) is 0.161. The molecule has 1 aromatic carbocycles. The van der Waals surface area contributed by atoms with Gasteiger partial charge in [0.2, 0.25) is 5.60 Å². The molecule has 14 heteroatoms. The molecule has 0 saturated carbocycles. The number of ether oxygens (including phenoxy) is 1. The standard InChI is InChI=1S/C16H18N4O.Co.2NO3/c1-19-11-9-17-14(19)16(21-3,13-7-5-4-6-8-13)15-18-10-12-20(15)2;;2*2-1(3)4/h4-12H,1-3H3;;;/q;+2;2*-1. The van der Waals surface area contributed by atoms with Gasteiger partial charge in [0.25, 0.3) is 0 Å². The first kappa shape index (κ1) is 26.5. The Morgan fingerprint density at radius 1 is 0.867 bits per heavy atom. The molecule has 3 aromatic rings. The Bertz CT molecular complexity index is 871. The Balaban J connectivity index is 0.000000808. The largest absolute Gasteiger partial charge is 2.00 e. The maximum atomic E-state index is 8.25. The number of aromatic nitrogens is 4. The molecule has 0 amide bonds. The van der Waals surface area contributed by atoms with E-state index in [9.17, 15) is 0 Å². The molecule has 2 heterocycles. The minimum Gasteiger partial charge on any atom is -0.358 e. The monoisotopic (exact) mass is 465 g/mol.